The summed E-state index contributed by atoms with van der Waals surface area (Å²) in [6, 6.07) is 9.77. The van der Waals surface area contributed by atoms with Crippen LogP contribution in [0.2, 0.25) is 0 Å². The van der Waals surface area contributed by atoms with Crippen molar-refractivity contribution < 1.29 is 9.47 Å². The van der Waals surface area contributed by atoms with Crippen LogP contribution in [0.1, 0.15) is 16.7 Å². The molecule has 5 heteroatoms. The maximum atomic E-state index is 9.21. The molecular formula is C16H15BrN2O2. The van der Waals surface area contributed by atoms with Crippen molar-refractivity contribution >= 4 is 15.9 Å². The van der Waals surface area contributed by atoms with Crippen LogP contribution < -0.4 is 9.47 Å². The van der Waals surface area contributed by atoms with E-state index in [1.165, 1.54) is 0 Å². The number of hydrogen-bond acceptors (Lipinski definition) is 4. The molecule has 4 nitrogen and oxygen atoms in total. The smallest absolute Gasteiger partial charge is 0.124 e. The lowest BCUT2D eigenvalue weighted by molar-refractivity contribution is 0.398. The summed E-state index contributed by atoms with van der Waals surface area (Å²) in [5, 5.41) is 9.21. The van der Waals surface area contributed by atoms with Crippen molar-refractivity contribution in [2.75, 3.05) is 14.2 Å². The molecule has 0 N–H and O–H groups in total. The predicted molar refractivity (Wildman–Crippen MR) is 83.6 cm³/mol. The van der Waals surface area contributed by atoms with Crippen molar-refractivity contribution in [3.63, 3.8) is 0 Å². The second-order valence-corrected chi connectivity index (χ2v) is 5.18. The van der Waals surface area contributed by atoms with E-state index in [1.54, 1.807) is 20.4 Å². The summed E-state index contributed by atoms with van der Waals surface area (Å²) in [5.41, 5.74) is 2.59. The quantitative estimate of drug-likeness (QED) is 0.777. The molecule has 0 saturated heterocycles. The fourth-order valence-electron chi connectivity index (χ4n) is 2.15. The van der Waals surface area contributed by atoms with Gasteiger partial charge in [0, 0.05) is 6.20 Å². The summed E-state index contributed by atoms with van der Waals surface area (Å²) in [4.78, 5) is 4.08. The van der Waals surface area contributed by atoms with E-state index in [1.807, 2.05) is 24.3 Å². The van der Waals surface area contributed by atoms with Crippen molar-refractivity contribution in [2.24, 2.45) is 0 Å². The average Bonchev–Trinajstić information content (AvgIpc) is 2.52. The Kier molecular flexibility index (Phi) is 5.18. The van der Waals surface area contributed by atoms with E-state index >= 15 is 0 Å². The minimum Gasteiger partial charge on any atom is -0.497 e. The number of benzene rings is 1. The number of nitrogens with zero attached hydrogens (tertiary/aromatic N) is 2. The van der Waals surface area contributed by atoms with Crippen LogP contribution in [0, 0.1) is 11.3 Å². The van der Waals surface area contributed by atoms with Gasteiger partial charge in [0.05, 0.1) is 19.8 Å². The minimum atomic E-state index is 0.583. The van der Waals surface area contributed by atoms with E-state index in [-0.39, 0.29) is 0 Å². The molecule has 0 unspecified atom stereocenters. The molecule has 2 rings (SSSR count). The number of pyridine rings is 1. The molecule has 0 bridgehead atoms. The van der Waals surface area contributed by atoms with Crippen molar-refractivity contribution in [1.29, 1.82) is 5.26 Å². The molecule has 1 aromatic carbocycles. The van der Waals surface area contributed by atoms with Gasteiger partial charge in [-0.25, -0.2) is 4.98 Å². The number of nitriles is 1. The number of ether oxygens (including phenoxy) is 2. The Bertz CT molecular complexity index is 680. The van der Waals surface area contributed by atoms with Gasteiger partial charge in [0.25, 0.3) is 0 Å². The number of aromatic nitrogens is 1. The lowest BCUT2D eigenvalue weighted by atomic mass is 10.0. The zero-order valence-corrected chi connectivity index (χ0v) is 13.5. The summed E-state index contributed by atoms with van der Waals surface area (Å²) in [5.74, 6) is 1.62. The molecule has 0 aliphatic heterocycles. The monoisotopic (exact) mass is 346 g/mol. The summed E-state index contributed by atoms with van der Waals surface area (Å²) in [7, 11) is 3.29. The normalized spacial score (nSPS) is 10.0. The molecular weight excluding hydrogens is 332 g/mol. The molecule has 108 valence electrons. The highest BCUT2D eigenvalue weighted by Gasteiger charge is 2.10. The third kappa shape index (κ3) is 3.53. The molecule has 0 radical (unpaired) electrons. The second-order valence-electron chi connectivity index (χ2n) is 4.43. The van der Waals surface area contributed by atoms with Crippen LogP contribution in [0.5, 0.6) is 11.5 Å². The second kappa shape index (κ2) is 7.09. The first-order valence-electron chi connectivity index (χ1n) is 6.44. The van der Waals surface area contributed by atoms with Crippen molar-refractivity contribution in [1.82, 2.24) is 4.98 Å². The van der Waals surface area contributed by atoms with E-state index < -0.39 is 0 Å². The van der Waals surface area contributed by atoms with Crippen LogP contribution in [-0.2, 0) is 12.8 Å². The Balaban J connectivity index is 2.24. The molecule has 0 amide bonds. The number of hydrogen-bond donors (Lipinski definition) is 0. The molecule has 21 heavy (non-hydrogen) atoms. The Morgan fingerprint density at radius 1 is 1.14 bits per heavy atom. The van der Waals surface area contributed by atoms with Crippen molar-refractivity contribution in [3.8, 4) is 17.6 Å². The number of halogens is 1. The average molecular weight is 347 g/mol. The van der Waals surface area contributed by atoms with Gasteiger partial charge in [0.2, 0.25) is 0 Å². The largest absolute Gasteiger partial charge is 0.497 e. The molecule has 0 aliphatic carbocycles. The summed E-state index contributed by atoms with van der Waals surface area (Å²) in [6.45, 7) is 0. The van der Waals surface area contributed by atoms with Gasteiger partial charge in [0.1, 0.15) is 22.2 Å². The van der Waals surface area contributed by atoms with Crippen LogP contribution in [0.15, 0.2) is 35.1 Å². The first kappa shape index (κ1) is 15.3. The molecule has 2 aromatic rings. The van der Waals surface area contributed by atoms with Crippen LogP contribution in [-0.4, -0.2) is 19.2 Å². The van der Waals surface area contributed by atoms with Gasteiger partial charge in [-0.3, -0.25) is 0 Å². The van der Waals surface area contributed by atoms with Gasteiger partial charge in [-0.15, -0.1) is 0 Å². The molecule has 0 fully saturated rings. The van der Waals surface area contributed by atoms with Gasteiger partial charge in [0.15, 0.2) is 0 Å². The Morgan fingerprint density at radius 3 is 2.57 bits per heavy atom. The van der Waals surface area contributed by atoms with E-state index in [0.29, 0.717) is 10.2 Å². The van der Waals surface area contributed by atoms with Crippen LogP contribution in [0.4, 0.5) is 0 Å². The van der Waals surface area contributed by atoms with Gasteiger partial charge in [-0.05, 0) is 64.2 Å². The zero-order chi connectivity index (χ0) is 15.2. The Hall–Kier alpha value is -2.06. The highest BCUT2D eigenvalue weighted by Crippen LogP contribution is 2.26. The van der Waals surface area contributed by atoms with Crippen LogP contribution in [0.3, 0.4) is 0 Å². The third-order valence-corrected chi connectivity index (χ3v) is 3.86. The number of methoxy groups -OCH3 is 2. The zero-order valence-electron chi connectivity index (χ0n) is 11.9. The molecule has 0 aliphatic rings. The maximum absolute atomic E-state index is 9.21. The van der Waals surface area contributed by atoms with Crippen molar-refractivity contribution in [2.45, 2.75) is 12.8 Å². The van der Waals surface area contributed by atoms with E-state index in [0.717, 1.165) is 35.5 Å². The fourth-order valence-corrected chi connectivity index (χ4v) is 2.61. The van der Waals surface area contributed by atoms with E-state index in [2.05, 4.69) is 27.0 Å². The molecule has 1 heterocycles. The van der Waals surface area contributed by atoms with E-state index in [9.17, 15) is 5.26 Å². The Labute approximate surface area is 132 Å². The predicted octanol–water partition coefficient (Wildman–Crippen LogP) is 3.52. The van der Waals surface area contributed by atoms with Gasteiger partial charge < -0.3 is 9.47 Å². The SMILES string of the molecule is COc1ccc(OC)c(CCc2ccnc(Br)c2C#N)c1. The molecule has 0 spiro atoms. The van der Waals surface area contributed by atoms with Gasteiger partial charge in [-0.1, -0.05) is 0 Å². The molecule has 0 saturated carbocycles. The summed E-state index contributed by atoms with van der Waals surface area (Å²) in [6.07, 6.45) is 3.18. The first-order valence-corrected chi connectivity index (χ1v) is 7.23. The van der Waals surface area contributed by atoms with Crippen molar-refractivity contribution in [3.05, 3.63) is 51.8 Å². The number of rotatable bonds is 5. The van der Waals surface area contributed by atoms with Gasteiger partial charge >= 0.3 is 0 Å². The lowest BCUT2D eigenvalue weighted by Crippen LogP contribution is -1.99. The highest BCUT2D eigenvalue weighted by molar-refractivity contribution is 9.10. The standard InChI is InChI=1S/C16H15BrN2O2/c1-20-13-5-6-15(21-2)12(9-13)4-3-11-7-8-19-16(17)14(11)10-18/h5-9H,3-4H2,1-2H3. The highest BCUT2D eigenvalue weighted by atomic mass is 79.9. The number of aryl methyl sites for hydroxylation is 2. The maximum Gasteiger partial charge on any atom is 0.124 e. The fraction of sp³-hybridized carbons (Fsp3) is 0.250. The Morgan fingerprint density at radius 2 is 1.90 bits per heavy atom. The van der Waals surface area contributed by atoms with Gasteiger partial charge in [-0.2, -0.15) is 5.26 Å². The topological polar surface area (TPSA) is 55.1 Å². The lowest BCUT2D eigenvalue weighted by Gasteiger charge is -2.11. The minimum absolute atomic E-state index is 0.583. The van der Waals surface area contributed by atoms with Crippen LogP contribution in [0.25, 0.3) is 0 Å². The first-order chi connectivity index (χ1) is 10.2. The molecule has 0 atom stereocenters. The van der Waals surface area contributed by atoms with Crippen LogP contribution >= 0.6 is 15.9 Å². The third-order valence-electron chi connectivity index (χ3n) is 3.25. The summed E-state index contributed by atoms with van der Waals surface area (Å²) >= 11 is 3.31. The molecule has 1 aromatic heterocycles. The van der Waals surface area contributed by atoms with E-state index in [4.69, 9.17) is 9.47 Å². The summed E-state index contributed by atoms with van der Waals surface area (Å²) < 4.78 is 11.2.